The number of Topliss-reactive ketones (excluding diaryl/α,β-unsaturated/α-hetero) is 1. The number of carbonyl (C=O) groups excluding carboxylic acids is 1. The van der Waals surface area contributed by atoms with Crippen molar-refractivity contribution in [1.82, 2.24) is 20.0 Å². The van der Waals surface area contributed by atoms with Gasteiger partial charge in [-0.1, -0.05) is 12.1 Å². The molecule has 2 heterocycles. The molecule has 172 valence electrons. The van der Waals surface area contributed by atoms with Gasteiger partial charge >= 0.3 is 0 Å². The monoisotopic (exact) mass is 436 g/mol. The second-order valence-electron chi connectivity index (χ2n) is 11.9. The molecule has 4 aliphatic rings. The van der Waals surface area contributed by atoms with Gasteiger partial charge in [-0.2, -0.15) is 0 Å². The Bertz CT molecular complexity index is 1030. The molecule has 0 amide bonds. The maximum atomic E-state index is 13.5. The van der Waals surface area contributed by atoms with Crippen LogP contribution in [0.15, 0.2) is 18.5 Å². The van der Waals surface area contributed by atoms with Crippen LogP contribution in [0.2, 0.25) is 0 Å². The van der Waals surface area contributed by atoms with Crippen LogP contribution in [0.1, 0.15) is 71.6 Å². The van der Waals surface area contributed by atoms with Gasteiger partial charge in [0.1, 0.15) is 17.6 Å². The van der Waals surface area contributed by atoms with E-state index in [0.717, 1.165) is 48.0 Å². The highest BCUT2D eigenvalue weighted by atomic mass is 16.3. The quantitative estimate of drug-likeness (QED) is 0.771. The first-order chi connectivity index (χ1) is 15.4. The van der Waals surface area contributed by atoms with Crippen molar-refractivity contribution in [2.45, 2.75) is 83.8 Å². The molecule has 6 nitrogen and oxygen atoms in total. The normalized spacial score (nSPS) is 43.5. The van der Waals surface area contributed by atoms with Gasteiger partial charge in [0, 0.05) is 12.1 Å². The third kappa shape index (κ3) is 3.16. The summed E-state index contributed by atoms with van der Waals surface area (Å²) in [6.07, 6.45) is 13.8. The molecule has 0 aliphatic heterocycles. The fourth-order valence-electron chi connectivity index (χ4n) is 8.80. The summed E-state index contributed by atoms with van der Waals surface area (Å²) in [5, 5.41) is 19.1. The fourth-order valence-corrected chi connectivity index (χ4v) is 8.80. The molecule has 0 unspecified atom stereocenters. The van der Waals surface area contributed by atoms with Crippen LogP contribution in [0.3, 0.4) is 0 Å². The zero-order chi connectivity index (χ0) is 22.1. The number of pyridine rings is 1. The summed E-state index contributed by atoms with van der Waals surface area (Å²) >= 11 is 0. The number of nitrogens with zero attached hydrogens (tertiary/aromatic N) is 4. The number of hydrogen-bond donors (Lipinski definition) is 1. The second-order valence-corrected chi connectivity index (χ2v) is 11.9. The Morgan fingerprint density at radius 3 is 2.81 bits per heavy atom. The van der Waals surface area contributed by atoms with Crippen LogP contribution < -0.4 is 0 Å². The van der Waals surface area contributed by atoms with Crippen LogP contribution in [-0.2, 0) is 11.3 Å². The summed E-state index contributed by atoms with van der Waals surface area (Å²) in [5.74, 6) is 4.21. The van der Waals surface area contributed by atoms with E-state index in [0.29, 0.717) is 24.2 Å². The molecule has 0 bridgehead atoms. The minimum absolute atomic E-state index is 0.125. The number of carbonyl (C=O) groups is 1. The first kappa shape index (κ1) is 20.8. The lowest BCUT2D eigenvalue weighted by Crippen LogP contribution is -2.51. The highest BCUT2D eigenvalue weighted by Gasteiger charge is 2.58. The van der Waals surface area contributed by atoms with Gasteiger partial charge in [-0.15, -0.1) is 5.10 Å². The van der Waals surface area contributed by atoms with Crippen LogP contribution in [-0.4, -0.2) is 36.5 Å². The van der Waals surface area contributed by atoms with Gasteiger partial charge in [-0.05, 0) is 106 Å². The van der Waals surface area contributed by atoms with E-state index in [9.17, 15) is 9.90 Å². The van der Waals surface area contributed by atoms with Crippen molar-refractivity contribution in [2.24, 2.45) is 40.9 Å². The molecule has 0 aromatic carbocycles. The Kier molecular flexibility index (Phi) is 4.76. The Morgan fingerprint density at radius 2 is 1.94 bits per heavy atom. The molecule has 6 heteroatoms. The zero-order valence-corrected chi connectivity index (χ0v) is 19.4. The Balaban J connectivity index is 1.20. The Hall–Kier alpha value is -1.82. The highest BCUT2D eigenvalue weighted by Crippen LogP contribution is 2.64. The highest BCUT2D eigenvalue weighted by molar-refractivity contribution is 5.84. The van der Waals surface area contributed by atoms with Gasteiger partial charge in [-0.25, -0.2) is 4.68 Å². The Morgan fingerprint density at radius 1 is 1.09 bits per heavy atom. The molecule has 6 rings (SSSR count). The number of rotatable bonds is 3. The molecule has 4 aliphatic carbocycles. The number of fused-ring (bicyclic) bond motifs is 6. The van der Waals surface area contributed by atoms with Gasteiger partial charge in [0.25, 0.3) is 0 Å². The minimum atomic E-state index is -0.455. The zero-order valence-electron chi connectivity index (χ0n) is 19.4. The van der Waals surface area contributed by atoms with Crippen LogP contribution in [0.25, 0.3) is 11.0 Å². The largest absolute Gasteiger partial charge is 0.390 e. The maximum absolute atomic E-state index is 13.5. The molecule has 1 N–H and O–H groups in total. The van der Waals surface area contributed by atoms with E-state index in [-0.39, 0.29) is 11.3 Å². The average molecular weight is 437 g/mol. The topological polar surface area (TPSA) is 80.9 Å². The van der Waals surface area contributed by atoms with Gasteiger partial charge in [0.05, 0.1) is 11.8 Å². The smallest absolute Gasteiger partial charge is 0.157 e. The van der Waals surface area contributed by atoms with Crippen molar-refractivity contribution in [2.75, 3.05) is 0 Å². The summed E-state index contributed by atoms with van der Waals surface area (Å²) in [4.78, 5) is 17.7. The van der Waals surface area contributed by atoms with E-state index in [1.165, 1.54) is 38.5 Å². The first-order valence-corrected chi connectivity index (χ1v) is 12.7. The molecule has 0 spiro atoms. The van der Waals surface area contributed by atoms with Crippen molar-refractivity contribution in [3.8, 4) is 0 Å². The van der Waals surface area contributed by atoms with Crippen LogP contribution >= 0.6 is 0 Å². The molecule has 4 fully saturated rings. The number of aromatic nitrogens is 4. The molecule has 0 saturated heterocycles. The minimum Gasteiger partial charge on any atom is -0.390 e. The summed E-state index contributed by atoms with van der Waals surface area (Å²) in [7, 11) is 0. The predicted molar refractivity (Wildman–Crippen MR) is 122 cm³/mol. The fraction of sp³-hybridized carbons (Fsp3) is 0.769. The maximum Gasteiger partial charge on any atom is 0.157 e. The van der Waals surface area contributed by atoms with Crippen molar-refractivity contribution >= 4 is 16.8 Å². The number of hydrogen-bond acceptors (Lipinski definition) is 5. The standard InChI is InChI=1S/C26H36N4O2/c1-25(32)10-7-17-16(13-25)3-4-19-18(17)8-11-26(2)20(19)5-6-21(26)24(31)15-30-23-14-27-12-9-22(23)28-29-30/h9,12,14,16-21,32H,3-8,10-11,13,15H2,1-2H3/t16-,17-,18+,19+,20-,21+,25+,26-/m0/s1. The third-order valence-electron chi connectivity index (χ3n) is 10.2. The second kappa shape index (κ2) is 7.34. The molecule has 4 saturated carbocycles. The molecule has 32 heavy (non-hydrogen) atoms. The predicted octanol–water partition coefficient (Wildman–Crippen LogP) is 4.42. The number of ketones is 1. The van der Waals surface area contributed by atoms with Crippen LogP contribution in [0, 0.1) is 40.9 Å². The van der Waals surface area contributed by atoms with Crippen molar-refractivity contribution in [1.29, 1.82) is 0 Å². The molecular formula is C26H36N4O2. The molecule has 8 atom stereocenters. The van der Waals surface area contributed by atoms with E-state index < -0.39 is 5.60 Å². The lowest BCUT2D eigenvalue weighted by molar-refractivity contribution is -0.133. The van der Waals surface area contributed by atoms with Gasteiger partial charge < -0.3 is 5.11 Å². The first-order valence-electron chi connectivity index (χ1n) is 12.7. The van der Waals surface area contributed by atoms with Crippen LogP contribution in [0.5, 0.6) is 0 Å². The summed E-state index contributed by atoms with van der Waals surface area (Å²) in [6, 6.07) is 1.85. The third-order valence-corrected chi connectivity index (χ3v) is 10.2. The summed E-state index contributed by atoms with van der Waals surface area (Å²) < 4.78 is 1.74. The van der Waals surface area contributed by atoms with Gasteiger partial charge in [-0.3, -0.25) is 9.78 Å². The van der Waals surface area contributed by atoms with E-state index in [1.54, 1.807) is 17.1 Å². The number of aliphatic hydroxyl groups is 1. The Labute approximate surface area is 190 Å². The van der Waals surface area contributed by atoms with Crippen molar-refractivity contribution in [3.05, 3.63) is 18.5 Å². The molecular weight excluding hydrogens is 400 g/mol. The summed E-state index contributed by atoms with van der Waals surface area (Å²) in [6.45, 7) is 4.76. The molecule has 2 aromatic rings. The van der Waals surface area contributed by atoms with Crippen molar-refractivity contribution in [3.63, 3.8) is 0 Å². The van der Waals surface area contributed by atoms with E-state index in [1.807, 2.05) is 13.0 Å². The van der Waals surface area contributed by atoms with E-state index in [4.69, 9.17) is 0 Å². The summed E-state index contributed by atoms with van der Waals surface area (Å²) in [5.41, 5.74) is 1.31. The van der Waals surface area contributed by atoms with Gasteiger partial charge in [0.15, 0.2) is 5.78 Å². The van der Waals surface area contributed by atoms with E-state index >= 15 is 0 Å². The lowest BCUT2D eigenvalue weighted by atomic mass is 9.49. The molecule has 0 radical (unpaired) electrons. The van der Waals surface area contributed by atoms with Crippen LogP contribution in [0.4, 0.5) is 0 Å². The lowest BCUT2D eigenvalue weighted by Gasteiger charge is -2.56. The molecule has 2 aromatic heterocycles. The SMILES string of the molecule is C[C@@]1(O)CC[C@H]2[C@@H](CC[C@@H]3[C@@H]2CC[C@]2(C)[C@@H](C(=O)Cn4nnc5ccncc54)CC[C@@H]32)C1. The van der Waals surface area contributed by atoms with Crippen molar-refractivity contribution < 1.29 is 9.90 Å². The average Bonchev–Trinajstić information content (AvgIpc) is 3.33. The van der Waals surface area contributed by atoms with E-state index in [2.05, 4.69) is 22.2 Å². The van der Waals surface area contributed by atoms with Gasteiger partial charge in [0.2, 0.25) is 0 Å².